The lowest BCUT2D eigenvalue weighted by atomic mass is 10.0. The molecule has 0 radical (unpaired) electrons. The van der Waals surface area contributed by atoms with E-state index in [2.05, 4.69) is 35.5 Å². The number of aromatic nitrogens is 6. The smallest absolute Gasteiger partial charge is 0.224 e. The van der Waals surface area contributed by atoms with Crippen molar-refractivity contribution in [2.24, 2.45) is 0 Å². The Morgan fingerprint density at radius 2 is 1.86 bits per heavy atom. The zero-order valence-corrected chi connectivity index (χ0v) is 19.5. The van der Waals surface area contributed by atoms with Crippen LogP contribution < -0.4 is 5.32 Å². The summed E-state index contributed by atoms with van der Waals surface area (Å²) < 4.78 is 30.5. The van der Waals surface area contributed by atoms with Crippen LogP contribution in [0.1, 0.15) is 13.3 Å². The Labute approximate surface area is 208 Å². The van der Waals surface area contributed by atoms with Crippen LogP contribution >= 0.6 is 0 Å². The van der Waals surface area contributed by atoms with E-state index in [1.165, 1.54) is 18.5 Å². The molecule has 6 aromatic rings. The summed E-state index contributed by atoms with van der Waals surface area (Å²) in [5.74, 6) is -0.792. The molecule has 0 atom stereocenters. The van der Waals surface area contributed by atoms with Crippen molar-refractivity contribution in [3.63, 3.8) is 0 Å². The van der Waals surface area contributed by atoms with E-state index in [1.54, 1.807) is 55.6 Å². The summed E-state index contributed by atoms with van der Waals surface area (Å²) in [6.07, 6.45) is 4.91. The molecule has 0 aliphatic carbocycles. The number of carbonyl (C=O) groups is 1. The van der Waals surface area contributed by atoms with Crippen molar-refractivity contribution in [1.29, 1.82) is 0 Å². The summed E-state index contributed by atoms with van der Waals surface area (Å²) in [6, 6.07) is 13.0. The normalized spacial score (nSPS) is 11.3. The molecule has 0 aliphatic rings. The molecule has 0 aliphatic heterocycles. The highest BCUT2D eigenvalue weighted by Gasteiger charge is 2.21. The molecule has 3 N–H and O–H groups in total. The molecule has 0 bridgehead atoms. The van der Waals surface area contributed by atoms with Gasteiger partial charge in [0.1, 0.15) is 28.5 Å². The first kappa shape index (κ1) is 22.5. The maximum absolute atomic E-state index is 16.0. The van der Waals surface area contributed by atoms with Crippen molar-refractivity contribution >= 4 is 33.5 Å². The van der Waals surface area contributed by atoms with E-state index in [1.807, 2.05) is 0 Å². The van der Waals surface area contributed by atoms with Crippen molar-refractivity contribution in [1.82, 2.24) is 30.1 Å². The number of carbonyl (C=O) groups excluding carboxylic acids is 1. The molecule has 0 saturated carbocycles. The fourth-order valence-corrected chi connectivity index (χ4v) is 4.27. The van der Waals surface area contributed by atoms with Gasteiger partial charge in [0.2, 0.25) is 5.91 Å². The topological polar surface area (TPSA) is 112 Å². The third-order valence-electron chi connectivity index (χ3n) is 6.08. The van der Waals surface area contributed by atoms with Crippen LogP contribution in [0.5, 0.6) is 0 Å². The molecule has 10 heteroatoms. The van der Waals surface area contributed by atoms with Gasteiger partial charge in [0.15, 0.2) is 5.82 Å². The minimum absolute atomic E-state index is 0.166. The second-order valence-corrected chi connectivity index (χ2v) is 8.41. The number of hydrogen-bond acceptors (Lipinski definition) is 5. The number of pyridine rings is 2. The molecular formula is C27H19F2N7O. The summed E-state index contributed by atoms with van der Waals surface area (Å²) in [4.78, 5) is 28.1. The highest BCUT2D eigenvalue weighted by atomic mass is 19.1. The van der Waals surface area contributed by atoms with Gasteiger partial charge < -0.3 is 10.3 Å². The van der Waals surface area contributed by atoms with Gasteiger partial charge in [0, 0.05) is 35.5 Å². The number of fused-ring (bicyclic) bond motifs is 2. The fraction of sp³-hybridized carbons (Fsp3) is 0.0741. The minimum atomic E-state index is -0.519. The number of benzene rings is 2. The van der Waals surface area contributed by atoms with Gasteiger partial charge in [-0.1, -0.05) is 19.1 Å². The highest BCUT2D eigenvalue weighted by Crippen LogP contribution is 2.35. The van der Waals surface area contributed by atoms with Gasteiger partial charge in [-0.3, -0.25) is 19.9 Å². The zero-order chi connectivity index (χ0) is 25.5. The lowest BCUT2D eigenvalue weighted by Gasteiger charge is -2.08. The Bertz CT molecular complexity index is 1810. The standard InChI is InChI=1S/C27H19F2N7O/c1-2-21(37)32-15-11-14(12-30-13-15)16-7-8-19-22(23(16)29)26(36-35-19)27-33-20-9-10-31-24(25(20)34-27)17-5-3-4-6-18(17)28/h3-13H,2H2,1H3,(H,32,37)(H,33,34)(H,35,36). The number of hydrogen-bond donors (Lipinski definition) is 3. The molecule has 1 amide bonds. The minimum Gasteiger partial charge on any atom is -0.336 e. The van der Waals surface area contributed by atoms with Gasteiger partial charge in [-0.2, -0.15) is 5.10 Å². The quantitative estimate of drug-likeness (QED) is 0.277. The van der Waals surface area contributed by atoms with E-state index in [9.17, 15) is 9.18 Å². The van der Waals surface area contributed by atoms with Gasteiger partial charge in [-0.15, -0.1) is 0 Å². The predicted octanol–water partition coefficient (Wildman–Crippen LogP) is 5.86. The molecule has 8 nitrogen and oxygen atoms in total. The Hall–Kier alpha value is -4.99. The summed E-state index contributed by atoms with van der Waals surface area (Å²) in [5.41, 5.74) is 3.75. The maximum Gasteiger partial charge on any atom is 0.224 e. The van der Waals surface area contributed by atoms with Gasteiger partial charge in [0.25, 0.3) is 0 Å². The summed E-state index contributed by atoms with van der Waals surface area (Å²) >= 11 is 0. The van der Waals surface area contributed by atoms with E-state index in [-0.39, 0.29) is 17.0 Å². The summed E-state index contributed by atoms with van der Waals surface area (Å²) in [6.45, 7) is 1.74. The van der Waals surface area contributed by atoms with Crippen molar-refractivity contribution in [2.75, 3.05) is 5.32 Å². The average Bonchev–Trinajstić information content (AvgIpc) is 3.54. The Morgan fingerprint density at radius 1 is 1.00 bits per heavy atom. The maximum atomic E-state index is 16.0. The monoisotopic (exact) mass is 495 g/mol. The van der Waals surface area contributed by atoms with Crippen LogP contribution in [0, 0.1) is 11.6 Å². The molecule has 0 spiro atoms. The molecule has 182 valence electrons. The lowest BCUT2D eigenvalue weighted by molar-refractivity contribution is -0.115. The van der Waals surface area contributed by atoms with Crippen LogP contribution in [0.3, 0.4) is 0 Å². The molecule has 4 aromatic heterocycles. The number of nitrogens with one attached hydrogen (secondary N) is 3. The molecule has 37 heavy (non-hydrogen) atoms. The zero-order valence-electron chi connectivity index (χ0n) is 19.5. The number of aromatic amines is 2. The van der Waals surface area contributed by atoms with Crippen molar-refractivity contribution in [3.05, 3.63) is 78.8 Å². The third-order valence-corrected chi connectivity index (χ3v) is 6.08. The molecule has 0 saturated heterocycles. The molecule has 0 unspecified atom stereocenters. The molecule has 6 rings (SSSR count). The van der Waals surface area contributed by atoms with Crippen molar-refractivity contribution in [2.45, 2.75) is 13.3 Å². The van der Waals surface area contributed by atoms with E-state index < -0.39 is 11.6 Å². The van der Waals surface area contributed by atoms with Crippen LogP contribution in [-0.4, -0.2) is 36.0 Å². The predicted molar refractivity (Wildman–Crippen MR) is 136 cm³/mol. The summed E-state index contributed by atoms with van der Waals surface area (Å²) in [7, 11) is 0. The first-order valence-electron chi connectivity index (χ1n) is 11.6. The SMILES string of the molecule is CCC(=O)Nc1cncc(-c2ccc3[nH]nc(-c4nc5c(-c6ccccc6F)nccc5[nH]4)c3c2F)c1. The first-order chi connectivity index (χ1) is 18.0. The number of halogens is 2. The van der Waals surface area contributed by atoms with E-state index >= 15 is 4.39 Å². The second kappa shape index (κ2) is 8.90. The fourth-order valence-electron chi connectivity index (χ4n) is 4.27. The van der Waals surface area contributed by atoms with Gasteiger partial charge in [-0.05, 0) is 36.4 Å². The average molecular weight is 495 g/mol. The molecule has 0 fully saturated rings. The molecule has 2 aromatic carbocycles. The number of imidazole rings is 1. The van der Waals surface area contributed by atoms with Gasteiger partial charge >= 0.3 is 0 Å². The Morgan fingerprint density at radius 3 is 2.70 bits per heavy atom. The molecular weight excluding hydrogens is 476 g/mol. The van der Waals surface area contributed by atoms with Gasteiger partial charge in [0.05, 0.1) is 28.3 Å². The highest BCUT2D eigenvalue weighted by molar-refractivity contribution is 5.98. The second-order valence-electron chi connectivity index (χ2n) is 8.41. The Balaban J connectivity index is 1.48. The summed E-state index contributed by atoms with van der Waals surface area (Å²) in [5, 5.41) is 10.1. The van der Waals surface area contributed by atoms with Crippen molar-refractivity contribution in [3.8, 4) is 33.9 Å². The van der Waals surface area contributed by atoms with Crippen LogP contribution in [0.2, 0.25) is 0 Å². The van der Waals surface area contributed by atoms with E-state index in [0.29, 0.717) is 56.9 Å². The van der Waals surface area contributed by atoms with Crippen LogP contribution in [0.25, 0.3) is 55.8 Å². The Kier molecular flexibility index (Phi) is 5.41. The number of nitrogens with zero attached hydrogens (tertiary/aromatic N) is 4. The van der Waals surface area contributed by atoms with Gasteiger partial charge in [-0.25, -0.2) is 13.8 Å². The van der Waals surface area contributed by atoms with Crippen LogP contribution in [0.4, 0.5) is 14.5 Å². The number of H-pyrrole nitrogens is 2. The largest absolute Gasteiger partial charge is 0.336 e. The number of rotatable bonds is 5. The van der Waals surface area contributed by atoms with Crippen molar-refractivity contribution < 1.29 is 13.6 Å². The number of anilines is 1. The van der Waals surface area contributed by atoms with Crippen LogP contribution in [-0.2, 0) is 4.79 Å². The van der Waals surface area contributed by atoms with E-state index in [4.69, 9.17) is 0 Å². The third kappa shape index (κ3) is 3.88. The number of amides is 1. The first-order valence-corrected chi connectivity index (χ1v) is 11.6. The van der Waals surface area contributed by atoms with E-state index in [0.717, 1.165) is 0 Å². The lowest BCUT2D eigenvalue weighted by Crippen LogP contribution is -2.09. The molecule has 4 heterocycles. The van der Waals surface area contributed by atoms with Crippen LogP contribution in [0.15, 0.2) is 67.1 Å².